The Morgan fingerprint density at radius 2 is 2.43 bits per heavy atom. The molecule has 0 fully saturated rings. The average molecular weight is 193 g/mol. The predicted molar refractivity (Wildman–Crippen MR) is 58.6 cm³/mol. The zero-order chi connectivity index (χ0) is 10.1. The summed E-state index contributed by atoms with van der Waals surface area (Å²) in [6.07, 6.45) is 4.43. The van der Waals surface area contributed by atoms with E-state index in [1.165, 1.54) is 12.1 Å². The van der Waals surface area contributed by atoms with E-state index in [0.29, 0.717) is 12.0 Å². The summed E-state index contributed by atoms with van der Waals surface area (Å²) in [5.41, 5.74) is 1.19. The standard InChI is InChI=1S/C11H19N3/c1-4-9-7-14-10(8(2)3)5-6-12-11(14)13-9/h7-8,10H,4-6H2,1-3H3,(H,12,13). The fourth-order valence-corrected chi connectivity index (χ4v) is 2.12. The molecule has 1 N–H and O–H groups in total. The molecule has 1 atom stereocenters. The normalized spacial score (nSPS) is 20.7. The van der Waals surface area contributed by atoms with Crippen LogP contribution in [0.1, 0.15) is 38.9 Å². The fourth-order valence-electron chi connectivity index (χ4n) is 2.12. The Kier molecular flexibility index (Phi) is 2.48. The molecule has 0 saturated carbocycles. The summed E-state index contributed by atoms with van der Waals surface area (Å²) in [7, 11) is 0. The van der Waals surface area contributed by atoms with Gasteiger partial charge in [-0.3, -0.25) is 0 Å². The third-order valence-corrected chi connectivity index (χ3v) is 2.99. The molecule has 0 amide bonds. The van der Waals surface area contributed by atoms with Crippen LogP contribution in [0.5, 0.6) is 0 Å². The number of aryl methyl sites for hydroxylation is 1. The lowest BCUT2D eigenvalue weighted by molar-refractivity contribution is 0.350. The van der Waals surface area contributed by atoms with Crippen LogP contribution in [0.25, 0.3) is 0 Å². The lowest BCUT2D eigenvalue weighted by atomic mass is 10.00. The van der Waals surface area contributed by atoms with Crippen molar-refractivity contribution < 1.29 is 0 Å². The van der Waals surface area contributed by atoms with Gasteiger partial charge in [0.1, 0.15) is 0 Å². The van der Waals surface area contributed by atoms with Gasteiger partial charge in [0.05, 0.1) is 5.69 Å². The highest BCUT2D eigenvalue weighted by Gasteiger charge is 2.23. The monoisotopic (exact) mass is 193 g/mol. The summed E-state index contributed by atoms with van der Waals surface area (Å²) in [6, 6.07) is 0.624. The number of imidazole rings is 1. The molecule has 0 saturated heterocycles. The Balaban J connectivity index is 2.33. The minimum absolute atomic E-state index is 0.624. The molecular formula is C11H19N3. The Morgan fingerprint density at radius 1 is 1.64 bits per heavy atom. The molecule has 2 heterocycles. The zero-order valence-corrected chi connectivity index (χ0v) is 9.25. The molecule has 3 heteroatoms. The summed E-state index contributed by atoms with van der Waals surface area (Å²) in [5, 5.41) is 3.35. The minimum atomic E-state index is 0.624. The van der Waals surface area contributed by atoms with Gasteiger partial charge in [-0.15, -0.1) is 0 Å². The van der Waals surface area contributed by atoms with Gasteiger partial charge in [-0.2, -0.15) is 0 Å². The van der Waals surface area contributed by atoms with Crippen LogP contribution in [0.3, 0.4) is 0 Å². The van der Waals surface area contributed by atoms with Crippen molar-refractivity contribution in [2.45, 2.75) is 39.7 Å². The van der Waals surface area contributed by atoms with Gasteiger partial charge in [-0.1, -0.05) is 20.8 Å². The SMILES string of the molecule is CCc1cn2c(n1)NCCC2C(C)C. The molecule has 2 rings (SSSR count). The highest BCUT2D eigenvalue weighted by molar-refractivity contribution is 5.32. The van der Waals surface area contributed by atoms with Crippen LogP contribution in [0.2, 0.25) is 0 Å². The number of nitrogens with one attached hydrogen (secondary N) is 1. The van der Waals surface area contributed by atoms with E-state index >= 15 is 0 Å². The van der Waals surface area contributed by atoms with Crippen LogP contribution in [0.15, 0.2) is 6.20 Å². The molecule has 1 aromatic rings. The second-order valence-corrected chi connectivity index (χ2v) is 4.34. The fraction of sp³-hybridized carbons (Fsp3) is 0.727. The van der Waals surface area contributed by atoms with Crippen molar-refractivity contribution in [1.82, 2.24) is 9.55 Å². The van der Waals surface area contributed by atoms with E-state index in [-0.39, 0.29) is 0 Å². The van der Waals surface area contributed by atoms with E-state index < -0.39 is 0 Å². The van der Waals surface area contributed by atoms with E-state index in [1.54, 1.807) is 0 Å². The van der Waals surface area contributed by atoms with Gasteiger partial charge in [-0.05, 0) is 18.8 Å². The van der Waals surface area contributed by atoms with Crippen molar-refractivity contribution in [2.75, 3.05) is 11.9 Å². The highest BCUT2D eigenvalue weighted by Crippen LogP contribution is 2.29. The van der Waals surface area contributed by atoms with Crippen molar-refractivity contribution in [3.63, 3.8) is 0 Å². The summed E-state index contributed by atoms with van der Waals surface area (Å²) in [4.78, 5) is 4.55. The van der Waals surface area contributed by atoms with Crippen molar-refractivity contribution in [3.8, 4) is 0 Å². The lowest BCUT2D eigenvalue weighted by Crippen LogP contribution is -2.25. The number of nitrogens with zero attached hydrogens (tertiary/aromatic N) is 2. The molecule has 0 aromatic carbocycles. The Labute approximate surface area is 85.5 Å². The first-order chi connectivity index (χ1) is 6.72. The molecule has 3 nitrogen and oxygen atoms in total. The maximum atomic E-state index is 4.55. The maximum Gasteiger partial charge on any atom is 0.203 e. The molecule has 0 spiro atoms. The quantitative estimate of drug-likeness (QED) is 0.782. The Bertz CT molecular complexity index is 314. The molecule has 78 valence electrons. The molecule has 1 unspecified atom stereocenters. The van der Waals surface area contributed by atoms with E-state index in [0.717, 1.165) is 18.9 Å². The van der Waals surface area contributed by atoms with Crippen molar-refractivity contribution in [3.05, 3.63) is 11.9 Å². The first kappa shape index (κ1) is 9.56. The van der Waals surface area contributed by atoms with Gasteiger partial charge in [-0.25, -0.2) is 4.98 Å². The van der Waals surface area contributed by atoms with Crippen molar-refractivity contribution in [1.29, 1.82) is 0 Å². The summed E-state index contributed by atoms with van der Waals surface area (Å²) in [5.74, 6) is 1.75. The summed E-state index contributed by atoms with van der Waals surface area (Å²) in [6.45, 7) is 7.78. The third kappa shape index (κ3) is 1.51. The maximum absolute atomic E-state index is 4.55. The van der Waals surface area contributed by atoms with Crippen LogP contribution in [0.4, 0.5) is 5.95 Å². The Morgan fingerprint density at radius 3 is 3.07 bits per heavy atom. The Hall–Kier alpha value is -0.990. The summed E-state index contributed by atoms with van der Waals surface area (Å²) < 4.78 is 2.31. The number of aromatic nitrogens is 2. The van der Waals surface area contributed by atoms with Crippen LogP contribution in [-0.4, -0.2) is 16.1 Å². The lowest BCUT2D eigenvalue weighted by Gasteiger charge is -2.28. The van der Waals surface area contributed by atoms with Gasteiger partial charge < -0.3 is 9.88 Å². The number of rotatable bonds is 2. The number of anilines is 1. The smallest absolute Gasteiger partial charge is 0.203 e. The van der Waals surface area contributed by atoms with E-state index in [9.17, 15) is 0 Å². The number of fused-ring (bicyclic) bond motifs is 1. The summed E-state index contributed by atoms with van der Waals surface area (Å²) >= 11 is 0. The van der Waals surface area contributed by atoms with Gasteiger partial charge in [0.15, 0.2) is 0 Å². The van der Waals surface area contributed by atoms with Gasteiger partial charge in [0.2, 0.25) is 5.95 Å². The highest BCUT2D eigenvalue weighted by atomic mass is 15.2. The van der Waals surface area contributed by atoms with Crippen LogP contribution < -0.4 is 5.32 Å². The molecule has 1 aromatic heterocycles. The predicted octanol–water partition coefficient (Wildman–Crippen LogP) is 2.46. The largest absolute Gasteiger partial charge is 0.356 e. The second kappa shape index (κ2) is 3.64. The topological polar surface area (TPSA) is 29.9 Å². The molecule has 0 aliphatic carbocycles. The van der Waals surface area contributed by atoms with Crippen molar-refractivity contribution in [2.24, 2.45) is 5.92 Å². The first-order valence-electron chi connectivity index (χ1n) is 5.54. The van der Waals surface area contributed by atoms with E-state index in [1.807, 2.05) is 0 Å². The van der Waals surface area contributed by atoms with Crippen molar-refractivity contribution >= 4 is 5.95 Å². The molecule has 14 heavy (non-hydrogen) atoms. The first-order valence-corrected chi connectivity index (χ1v) is 5.54. The molecule has 0 radical (unpaired) electrons. The average Bonchev–Trinajstić information content (AvgIpc) is 2.59. The minimum Gasteiger partial charge on any atom is -0.356 e. The number of hydrogen-bond acceptors (Lipinski definition) is 2. The van der Waals surface area contributed by atoms with E-state index in [2.05, 4.69) is 41.8 Å². The van der Waals surface area contributed by atoms with Gasteiger partial charge in [0.25, 0.3) is 0 Å². The molecule has 1 aliphatic rings. The molecule has 1 aliphatic heterocycles. The number of hydrogen-bond donors (Lipinski definition) is 1. The zero-order valence-electron chi connectivity index (χ0n) is 9.25. The van der Waals surface area contributed by atoms with Gasteiger partial charge >= 0.3 is 0 Å². The molecular weight excluding hydrogens is 174 g/mol. The second-order valence-electron chi connectivity index (χ2n) is 4.34. The van der Waals surface area contributed by atoms with Crippen LogP contribution in [-0.2, 0) is 6.42 Å². The third-order valence-electron chi connectivity index (χ3n) is 2.99. The van der Waals surface area contributed by atoms with Crippen LogP contribution in [0, 0.1) is 5.92 Å². The van der Waals surface area contributed by atoms with Gasteiger partial charge in [0, 0.05) is 18.8 Å². The molecule has 0 bridgehead atoms. The van der Waals surface area contributed by atoms with Crippen LogP contribution >= 0.6 is 0 Å². The van der Waals surface area contributed by atoms with E-state index in [4.69, 9.17) is 0 Å².